The highest BCUT2D eigenvalue weighted by molar-refractivity contribution is 5.87. The molecule has 18 heavy (non-hydrogen) atoms. The number of hydrogen-bond acceptors (Lipinski definition) is 6. The number of anilines is 2. The van der Waals surface area contributed by atoms with Crippen molar-refractivity contribution >= 4 is 22.8 Å². The molecule has 0 radical (unpaired) electrons. The molecule has 2 rings (SSSR count). The van der Waals surface area contributed by atoms with Gasteiger partial charge in [-0.1, -0.05) is 13.8 Å². The number of nitrogens with zero attached hydrogens (tertiary/aromatic N) is 4. The second-order valence-corrected chi connectivity index (χ2v) is 4.75. The molecule has 0 bridgehead atoms. The van der Waals surface area contributed by atoms with Crippen LogP contribution in [0.1, 0.15) is 20.3 Å². The number of fused-ring (bicyclic) bond motifs is 1. The average Bonchev–Trinajstić information content (AvgIpc) is 2.82. The van der Waals surface area contributed by atoms with E-state index in [1.165, 1.54) is 0 Å². The zero-order chi connectivity index (χ0) is 13.1. The third-order valence-electron chi connectivity index (χ3n) is 2.82. The van der Waals surface area contributed by atoms with E-state index in [1.807, 2.05) is 7.05 Å². The second kappa shape index (κ2) is 5.18. The van der Waals surface area contributed by atoms with Gasteiger partial charge < -0.3 is 4.90 Å². The van der Waals surface area contributed by atoms with E-state index in [1.54, 1.807) is 6.20 Å². The second-order valence-electron chi connectivity index (χ2n) is 4.75. The van der Waals surface area contributed by atoms with Crippen molar-refractivity contribution in [3.8, 4) is 0 Å². The molecule has 4 N–H and O–H groups in total. The van der Waals surface area contributed by atoms with E-state index in [0.29, 0.717) is 17.5 Å². The Hall–Kier alpha value is -1.89. The number of H-pyrrole nitrogens is 1. The first-order chi connectivity index (χ1) is 8.61. The highest BCUT2D eigenvalue weighted by atomic mass is 15.3. The molecule has 0 aliphatic carbocycles. The summed E-state index contributed by atoms with van der Waals surface area (Å²) in [6, 6.07) is 0. The molecule has 0 fully saturated rings. The van der Waals surface area contributed by atoms with Crippen molar-refractivity contribution in [3.05, 3.63) is 6.20 Å². The van der Waals surface area contributed by atoms with Crippen molar-refractivity contribution in [2.24, 2.45) is 11.8 Å². The topological polar surface area (TPSA) is 95.8 Å². The monoisotopic (exact) mass is 249 g/mol. The molecule has 0 atom stereocenters. The molecule has 0 aromatic carbocycles. The van der Waals surface area contributed by atoms with Crippen molar-refractivity contribution in [3.63, 3.8) is 0 Å². The number of hydrazine groups is 1. The van der Waals surface area contributed by atoms with E-state index in [9.17, 15) is 0 Å². The summed E-state index contributed by atoms with van der Waals surface area (Å²) in [5, 5.41) is 7.73. The normalized spacial score (nSPS) is 11.2. The third kappa shape index (κ3) is 2.51. The van der Waals surface area contributed by atoms with Gasteiger partial charge in [0, 0.05) is 13.6 Å². The van der Waals surface area contributed by atoms with Crippen LogP contribution in [0.15, 0.2) is 6.20 Å². The summed E-state index contributed by atoms with van der Waals surface area (Å²) in [6.45, 7) is 5.33. The molecule has 0 aliphatic heterocycles. The minimum absolute atomic E-state index is 0.387. The molecule has 0 unspecified atom stereocenters. The minimum atomic E-state index is 0.387. The van der Waals surface area contributed by atoms with E-state index >= 15 is 0 Å². The van der Waals surface area contributed by atoms with Gasteiger partial charge in [-0.05, 0) is 12.3 Å². The standard InChI is InChI=1S/C11H19N7/c1-7(2)4-5-18(3)10-8-6-13-17-9(8)14-11(15-10)16-12/h6-7H,4-5,12H2,1-3H3,(H2,13,14,15,16,17). The maximum absolute atomic E-state index is 5.37. The lowest BCUT2D eigenvalue weighted by molar-refractivity contribution is 0.584. The van der Waals surface area contributed by atoms with Crippen LogP contribution >= 0.6 is 0 Å². The van der Waals surface area contributed by atoms with Crippen molar-refractivity contribution in [2.75, 3.05) is 23.9 Å². The number of nitrogens with one attached hydrogen (secondary N) is 2. The molecule has 0 spiro atoms. The Labute approximate surface area is 106 Å². The van der Waals surface area contributed by atoms with Crippen molar-refractivity contribution < 1.29 is 0 Å². The Bertz CT molecular complexity index is 519. The number of aromatic amines is 1. The van der Waals surface area contributed by atoms with E-state index in [4.69, 9.17) is 5.84 Å². The van der Waals surface area contributed by atoms with E-state index in [0.717, 1.165) is 24.2 Å². The first-order valence-corrected chi connectivity index (χ1v) is 6.00. The highest BCUT2D eigenvalue weighted by Crippen LogP contribution is 2.23. The Morgan fingerprint density at radius 3 is 2.89 bits per heavy atom. The van der Waals surface area contributed by atoms with Crippen molar-refractivity contribution in [2.45, 2.75) is 20.3 Å². The Balaban J connectivity index is 2.32. The fraction of sp³-hybridized carbons (Fsp3) is 0.545. The maximum Gasteiger partial charge on any atom is 0.241 e. The molecule has 2 heterocycles. The van der Waals surface area contributed by atoms with E-state index in [2.05, 4.69) is 44.3 Å². The van der Waals surface area contributed by atoms with E-state index in [-0.39, 0.29) is 0 Å². The van der Waals surface area contributed by atoms with Gasteiger partial charge in [-0.2, -0.15) is 15.1 Å². The Morgan fingerprint density at radius 2 is 2.22 bits per heavy atom. The summed E-state index contributed by atoms with van der Waals surface area (Å²) < 4.78 is 0. The van der Waals surface area contributed by atoms with Gasteiger partial charge in [-0.15, -0.1) is 0 Å². The molecule has 98 valence electrons. The first-order valence-electron chi connectivity index (χ1n) is 6.00. The van der Waals surface area contributed by atoms with E-state index < -0.39 is 0 Å². The number of hydrogen-bond donors (Lipinski definition) is 3. The number of nitrogen functional groups attached to an aromatic ring is 1. The van der Waals surface area contributed by atoms with Crippen LogP contribution in [0.4, 0.5) is 11.8 Å². The molecule has 0 amide bonds. The third-order valence-corrected chi connectivity index (χ3v) is 2.82. The van der Waals surface area contributed by atoms with Crippen LogP contribution in [0.25, 0.3) is 11.0 Å². The lowest BCUT2D eigenvalue weighted by Crippen LogP contribution is -2.22. The molecule has 0 saturated carbocycles. The largest absolute Gasteiger partial charge is 0.359 e. The summed E-state index contributed by atoms with van der Waals surface area (Å²) in [4.78, 5) is 10.7. The summed E-state index contributed by atoms with van der Waals surface area (Å²) in [7, 11) is 2.01. The smallest absolute Gasteiger partial charge is 0.241 e. The van der Waals surface area contributed by atoms with Gasteiger partial charge in [0.2, 0.25) is 5.95 Å². The van der Waals surface area contributed by atoms with Crippen LogP contribution in [0.5, 0.6) is 0 Å². The molecule has 0 aliphatic rings. The maximum atomic E-state index is 5.37. The number of aromatic nitrogens is 4. The highest BCUT2D eigenvalue weighted by Gasteiger charge is 2.13. The predicted molar refractivity (Wildman–Crippen MR) is 72.2 cm³/mol. The van der Waals surface area contributed by atoms with Crippen molar-refractivity contribution in [1.29, 1.82) is 0 Å². The molecule has 2 aromatic rings. The molecular weight excluding hydrogens is 230 g/mol. The Kier molecular flexibility index (Phi) is 3.61. The summed E-state index contributed by atoms with van der Waals surface area (Å²) in [5.74, 6) is 7.25. The zero-order valence-electron chi connectivity index (χ0n) is 10.9. The van der Waals surface area contributed by atoms with Gasteiger partial charge in [-0.25, -0.2) is 5.84 Å². The van der Waals surface area contributed by atoms with Gasteiger partial charge in [0.1, 0.15) is 5.82 Å². The Morgan fingerprint density at radius 1 is 1.44 bits per heavy atom. The van der Waals surface area contributed by atoms with Crippen LogP contribution < -0.4 is 16.2 Å². The summed E-state index contributed by atoms with van der Waals surface area (Å²) >= 11 is 0. The van der Waals surface area contributed by atoms with Gasteiger partial charge in [0.25, 0.3) is 0 Å². The van der Waals surface area contributed by atoms with Crippen molar-refractivity contribution in [1.82, 2.24) is 20.2 Å². The average molecular weight is 249 g/mol. The van der Waals surface area contributed by atoms with Gasteiger partial charge >= 0.3 is 0 Å². The lowest BCUT2D eigenvalue weighted by Gasteiger charge is -2.20. The number of rotatable bonds is 5. The van der Waals surface area contributed by atoms with Gasteiger partial charge in [0.05, 0.1) is 11.6 Å². The molecule has 0 saturated heterocycles. The van der Waals surface area contributed by atoms with Gasteiger partial charge in [0.15, 0.2) is 5.65 Å². The van der Waals surface area contributed by atoms with Gasteiger partial charge in [-0.3, -0.25) is 10.5 Å². The summed E-state index contributed by atoms with van der Waals surface area (Å²) in [5.41, 5.74) is 3.16. The molecule has 7 nitrogen and oxygen atoms in total. The predicted octanol–water partition coefficient (Wildman–Crippen LogP) is 1.12. The first kappa shape index (κ1) is 12.6. The quantitative estimate of drug-likeness (QED) is 0.543. The zero-order valence-corrected chi connectivity index (χ0v) is 10.9. The summed E-state index contributed by atoms with van der Waals surface area (Å²) in [6.07, 6.45) is 2.84. The fourth-order valence-electron chi connectivity index (χ4n) is 1.73. The number of nitrogens with two attached hydrogens (primary N) is 1. The minimum Gasteiger partial charge on any atom is -0.359 e. The fourth-order valence-corrected chi connectivity index (χ4v) is 1.73. The van der Waals surface area contributed by atoms with Crippen LogP contribution in [0.2, 0.25) is 0 Å². The lowest BCUT2D eigenvalue weighted by atomic mass is 10.1. The van der Waals surface area contributed by atoms with Crippen LogP contribution in [0.3, 0.4) is 0 Å². The van der Waals surface area contributed by atoms with Crippen LogP contribution in [0, 0.1) is 5.92 Å². The van der Waals surface area contributed by atoms with Crippen LogP contribution in [-0.2, 0) is 0 Å². The SMILES string of the molecule is CC(C)CCN(C)c1nc(NN)nc2[nH]ncc12. The van der Waals surface area contributed by atoms with Crippen LogP contribution in [-0.4, -0.2) is 33.8 Å². The molecule has 2 aromatic heterocycles. The molecular formula is C11H19N7. The molecule has 7 heteroatoms.